The highest BCUT2D eigenvalue weighted by Crippen LogP contribution is 2.25. The van der Waals surface area contributed by atoms with E-state index in [1.54, 1.807) is 19.1 Å². The van der Waals surface area contributed by atoms with Crippen molar-refractivity contribution in [2.45, 2.75) is 38.6 Å². The van der Waals surface area contributed by atoms with Crippen LogP contribution < -0.4 is 20.9 Å². The summed E-state index contributed by atoms with van der Waals surface area (Å²) in [6.07, 6.45) is -4.78. The highest BCUT2D eigenvalue weighted by Gasteiger charge is 2.32. The minimum atomic E-state index is -4.82. The van der Waals surface area contributed by atoms with Crippen LogP contribution in [0, 0.1) is 6.92 Å². The number of hydrogen-bond donors (Lipinski definition) is 2. The quantitative estimate of drug-likeness (QED) is 0.533. The van der Waals surface area contributed by atoms with Gasteiger partial charge in [0, 0.05) is 6.42 Å². The second-order valence-electron chi connectivity index (χ2n) is 7.92. The highest BCUT2D eigenvalue weighted by atomic mass is 19.4. The number of rotatable bonds is 5. The van der Waals surface area contributed by atoms with Crippen molar-refractivity contribution in [3.63, 3.8) is 0 Å². The number of piperidine rings is 1. The molecule has 1 saturated heterocycles. The Labute approximate surface area is 195 Å². The lowest BCUT2D eigenvalue weighted by atomic mass is 10.1. The number of alkyl halides is 3. The van der Waals surface area contributed by atoms with Crippen molar-refractivity contribution in [1.29, 1.82) is 0 Å². The Morgan fingerprint density at radius 3 is 2.54 bits per heavy atom. The summed E-state index contributed by atoms with van der Waals surface area (Å²) in [6, 6.07) is 8.62. The Kier molecular flexibility index (Phi) is 6.29. The standard InChI is InChI=1S/C23H19F3N4O5/c1-12-27-15-3-2-4-16(20(15)22(34)30(12)17-9-10-18(31)29-21(17)33)28-19(32)11-13-5-7-14(8-6-13)35-23(24,25)26/h2-8,17H,9-11H2,1H3,(H,28,32)(H,29,31,33). The Hall–Kier alpha value is -4.22. The van der Waals surface area contributed by atoms with Crippen LogP contribution in [-0.2, 0) is 20.8 Å². The average molecular weight is 488 g/mol. The minimum absolute atomic E-state index is 0.0749. The first-order valence-corrected chi connectivity index (χ1v) is 10.5. The van der Waals surface area contributed by atoms with E-state index < -0.39 is 41.4 Å². The van der Waals surface area contributed by atoms with Crippen molar-refractivity contribution < 1.29 is 32.3 Å². The smallest absolute Gasteiger partial charge is 0.406 e. The number of carbonyl (C=O) groups excluding carboxylic acids is 3. The summed E-state index contributed by atoms with van der Waals surface area (Å²) in [5.74, 6) is -1.67. The van der Waals surface area contributed by atoms with Crippen LogP contribution in [0.4, 0.5) is 18.9 Å². The molecule has 1 fully saturated rings. The van der Waals surface area contributed by atoms with Gasteiger partial charge in [-0.1, -0.05) is 18.2 Å². The number of amides is 3. The highest BCUT2D eigenvalue weighted by molar-refractivity contribution is 6.02. The maximum Gasteiger partial charge on any atom is 0.573 e. The zero-order chi connectivity index (χ0) is 25.3. The van der Waals surface area contributed by atoms with Gasteiger partial charge in [0.25, 0.3) is 5.56 Å². The Morgan fingerprint density at radius 2 is 1.89 bits per heavy atom. The second kappa shape index (κ2) is 9.20. The minimum Gasteiger partial charge on any atom is -0.406 e. The normalized spacial score (nSPS) is 16.2. The SMILES string of the molecule is Cc1nc2cccc(NC(=O)Cc3ccc(OC(F)(F)F)cc3)c2c(=O)n1C1CCC(=O)NC1=O. The van der Waals surface area contributed by atoms with Crippen LogP contribution in [0.15, 0.2) is 47.3 Å². The fourth-order valence-electron chi connectivity index (χ4n) is 3.94. The van der Waals surface area contributed by atoms with E-state index in [0.717, 1.165) is 12.1 Å². The van der Waals surface area contributed by atoms with E-state index >= 15 is 0 Å². The van der Waals surface area contributed by atoms with Crippen LogP contribution in [0.5, 0.6) is 5.75 Å². The third-order valence-electron chi connectivity index (χ3n) is 5.42. The summed E-state index contributed by atoms with van der Waals surface area (Å²) in [5, 5.41) is 4.94. The first-order chi connectivity index (χ1) is 16.5. The van der Waals surface area contributed by atoms with E-state index in [2.05, 4.69) is 20.4 Å². The number of halogens is 3. The third-order valence-corrected chi connectivity index (χ3v) is 5.42. The van der Waals surface area contributed by atoms with E-state index in [1.165, 1.54) is 22.8 Å². The maximum atomic E-state index is 13.4. The molecule has 2 N–H and O–H groups in total. The summed E-state index contributed by atoms with van der Waals surface area (Å²) in [6.45, 7) is 1.57. The molecule has 0 saturated carbocycles. The van der Waals surface area contributed by atoms with Gasteiger partial charge in [0.2, 0.25) is 17.7 Å². The van der Waals surface area contributed by atoms with Crippen molar-refractivity contribution in [3.8, 4) is 5.75 Å². The molecule has 1 unspecified atom stereocenters. The predicted molar refractivity (Wildman–Crippen MR) is 118 cm³/mol. The van der Waals surface area contributed by atoms with E-state index in [-0.39, 0.29) is 36.2 Å². The fourth-order valence-corrected chi connectivity index (χ4v) is 3.94. The number of ether oxygens (including phenoxy) is 1. The molecule has 2 heterocycles. The zero-order valence-corrected chi connectivity index (χ0v) is 18.3. The number of carbonyl (C=O) groups is 3. The Bertz CT molecular complexity index is 1380. The number of hydrogen-bond acceptors (Lipinski definition) is 6. The van der Waals surface area contributed by atoms with Gasteiger partial charge >= 0.3 is 6.36 Å². The lowest BCUT2D eigenvalue weighted by molar-refractivity contribution is -0.274. The van der Waals surface area contributed by atoms with Crippen LogP contribution in [0.1, 0.15) is 30.3 Å². The molecule has 12 heteroatoms. The molecule has 4 rings (SSSR count). The second-order valence-corrected chi connectivity index (χ2v) is 7.92. The molecule has 1 aromatic heterocycles. The maximum absolute atomic E-state index is 13.4. The fraction of sp³-hybridized carbons (Fsp3) is 0.261. The lowest BCUT2D eigenvalue weighted by Crippen LogP contribution is -2.45. The number of imide groups is 1. The molecule has 1 atom stereocenters. The molecule has 0 bridgehead atoms. The van der Waals surface area contributed by atoms with Crippen LogP contribution >= 0.6 is 0 Å². The van der Waals surface area contributed by atoms with Crippen molar-refractivity contribution in [2.75, 3.05) is 5.32 Å². The van der Waals surface area contributed by atoms with Crippen molar-refractivity contribution >= 4 is 34.3 Å². The number of nitrogens with one attached hydrogen (secondary N) is 2. The monoisotopic (exact) mass is 488 g/mol. The first-order valence-electron chi connectivity index (χ1n) is 10.5. The van der Waals surface area contributed by atoms with E-state index in [4.69, 9.17) is 0 Å². The first kappa shape index (κ1) is 23.9. The Morgan fingerprint density at radius 1 is 1.17 bits per heavy atom. The molecular weight excluding hydrogens is 469 g/mol. The average Bonchev–Trinajstić information content (AvgIpc) is 2.75. The van der Waals surface area contributed by atoms with Gasteiger partial charge in [0.05, 0.1) is 23.0 Å². The van der Waals surface area contributed by atoms with Gasteiger partial charge in [-0.05, 0) is 43.2 Å². The number of fused-ring (bicyclic) bond motifs is 1. The molecule has 3 amide bonds. The van der Waals surface area contributed by atoms with Gasteiger partial charge in [0.1, 0.15) is 17.6 Å². The summed E-state index contributed by atoms with van der Waals surface area (Å²) >= 11 is 0. The molecule has 35 heavy (non-hydrogen) atoms. The van der Waals surface area contributed by atoms with Gasteiger partial charge in [0.15, 0.2) is 0 Å². The van der Waals surface area contributed by atoms with Crippen molar-refractivity contribution in [1.82, 2.24) is 14.9 Å². The molecule has 2 aromatic carbocycles. The number of aromatic nitrogens is 2. The molecule has 1 aliphatic heterocycles. The summed E-state index contributed by atoms with van der Waals surface area (Å²) in [4.78, 5) is 54.3. The number of anilines is 1. The number of benzene rings is 2. The predicted octanol–water partition coefficient (Wildman–Crippen LogP) is 2.76. The van der Waals surface area contributed by atoms with Gasteiger partial charge in [-0.15, -0.1) is 13.2 Å². The van der Waals surface area contributed by atoms with Gasteiger partial charge in [-0.25, -0.2) is 4.98 Å². The van der Waals surface area contributed by atoms with Gasteiger partial charge in [-0.2, -0.15) is 0 Å². The van der Waals surface area contributed by atoms with Crippen LogP contribution in [-0.4, -0.2) is 33.6 Å². The van der Waals surface area contributed by atoms with Crippen LogP contribution in [0.2, 0.25) is 0 Å². The molecular formula is C23H19F3N4O5. The van der Waals surface area contributed by atoms with Crippen LogP contribution in [0.3, 0.4) is 0 Å². The summed E-state index contributed by atoms with van der Waals surface area (Å²) in [5.41, 5.74) is 0.351. The van der Waals surface area contributed by atoms with E-state index in [0.29, 0.717) is 11.1 Å². The molecule has 0 spiro atoms. The largest absolute Gasteiger partial charge is 0.573 e. The summed E-state index contributed by atoms with van der Waals surface area (Å²) < 4.78 is 41.9. The van der Waals surface area contributed by atoms with Crippen molar-refractivity contribution in [2.24, 2.45) is 0 Å². The topological polar surface area (TPSA) is 119 Å². The van der Waals surface area contributed by atoms with Crippen LogP contribution in [0.25, 0.3) is 10.9 Å². The molecule has 3 aromatic rings. The number of nitrogens with zero attached hydrogens (tertiary/aromatic N) is 2. The molecule has 0 radical (unpaired) electrons. The molecule has 1 aliphatic rings. The summed E-state index contributed by atoms with van der Waals surface area (Å²) in [7, 11) is 0. The number of aryl methyl sites for hydroxylation is 1. The Balaban J connectivity index is 1.60. The van der Waals surface area contributed by atoms with E-state index in [1.807, 2.05) is 0 Å². The van der Waals surface area contributed by atoms with Crippen molar-refractivity contribution in [3.05, 3.63) is 64.2 Å². The molecule has 9 nitrogen and oxygen atoms in total. The van der Waals surface area contributed by atoms with E-state index in [9.17, 15) is 32.3 Å². The molecule has 0 aliphatic carbocycles. The third kappa shape index (κ3) is 5.31. The van der Waals surface area contributed by atoms with Gasteiger partial charge < -0.3 is 10.1 Å². The van der Waals surface area contributed by atoms with Gasteiger partial charge in [-0.3, -0.25) is 29.1 Å². The lowest BCUT2D eigenvalue weighted by Gasteiger charge is -2.24. The zero-order valence-electron chi connectivity index (χ0n) is 18.3. The molecule has 182 valence electrons.